The van der Waals surface area contributed by atoms with Crippen molar-refractivity contribution in [3.8, 4) is 0 Å². The molecule has 1 unspecified atom stereocenters. The van der Waals surface area contributed by atoms with Gasteiger partial charge in [0.1, 0.15) is 0 Å². The second-order valence-corrected chi connectivity index (χ2v) is 6.99. The summed E-state index contributed by atoms with van der Waals surface area (Å²) in [6, 6.07) is 6.39. The molecule has 6 heteroatoms. The Morgan fingerprint density at radius 3 is 2.89 bits per heavy atom. The van der Waals surface area contributed by atoms with E-state index in [2.05, 4.69) is 0 Å². The van der Waals surface area contributed by atoms with Gasteiger partial charge in [-0.25, -0.2) is 12.7 Å². The van der Waals surface area contributed by atoms with Crippen molar-refractivity contribution in [2.75, 3.05) is 32.5 Å². The summed E-state index contributed by atoms with van der Waals surface area (Å²) in [4.78, 5) is 0.242. The maximum absolute atomic E-state index is 12.4. The van der Waals surface area contributed by atoms with E-state index in [-0.39, 0.29) is 10.8 Å². The number of benzene rings is 1. The number of nitrogen functional groups attached to an aromatic ring is 1. The van der Waals surface area contributed by atoms with Gasteiger partial charge in [-0.05, 0) is 37.0 Å². The van der Waals surface area contributed by atoms with Crippen molar-refractivity contribution in [2.45, 2.75) is 17.7 Å². The van der Waals surface area contributed by atoms with E-state index in [1.807, 2.05) is 0 Å². The lowest BCUT2D eigenvalue weighted by atomic mass is 10.0. The third-order valence-electron chi connectivity index (χ3n) is 3.34. The second-order valence-electron chi connectivity index (χ2n) is 4.94. The number of hydrogen-bond donors (Lipinski definition) is 1. The predicted molar refractivity (Wildman–Crippen MR) is 74.2 cm³/mol. The molecule has 1 aliphatic heterocycles. The molecule has 1 fully saturated rings. The predicted octanol–water partition coefficient (Wildman–Crippen LogP) is 1.32. The fourth-order valence-corrected chi connectivity index (χ4v) is 3.57. The van der Waals surface area contributed by atoms with Gasteiger partial charge in [-0.3, -0.25) is 0 Å². The fraction of sp³-hybridized carbons (Fsp3) is 0.538. The van der Waals surface area contributed by atoms with Crippen LogP contribution in [0.5, 0.6) is 0 Å². The molecule has 1 saturated heterocycles. The Kier molecular flexibility index (Phi) is 4.44. The minimum atomic E-state index is -3.46. The summed E-state index contributed by atoms with van der Waals surface area (Å²) in [6.45, 7) is 1.90. The van der Waals surface area contributed by atoms with Crippen LogP contribution in [0.25, 0.3) is 0 Å². The lowest BCUT2D eigenvalue weighted by molar-refractivity contribution is 0.0495. The average Bonchev–Trinajstić information content (AvgIpc) is 2.40. The van der Waals surface area contributed by atoms with Gasteiger partial charge in [0.25, 0.3) is 0 Å². The van der Waals surface area contributed by atoms with Gasteiger partial charge in [-0.2, -0.15) is 0 Å². The Morgan fingerprint density at radius 2 is 2.26 bits per heavy atom. The van der Waals surface area contributed by atoms with E-state index in [9.17, 15) is 8.42 Å². The van der Waals surface area contributed by atoms with Gasteiger partial charge in [0.15, 0.2) is 0 Å². The first-order valence-corrected chi connectivity index (χ1v) is 7.84. The van der Waals surface area contributed by atoms with Gasteiger partial charge in [-0.15, -0.1) is 0 Å². The molecule has 0 bridgehead atoms. The zero-order valence-electron chi connectivity index (χ0n) is 11.1. The monoisotopic (exact) mass is 284 g/mol. The van der Waals surface area contributed by atoms with Crippen LogP contribution in [-0.4, -0.2) is 39.5 Å². The highest BCUT2D eigenvalue weighted by Crippen LogP contribution is 2.20. The molecule has 0 saturated carbocycles. The molecule has 1 atom stereocenters. The first-order chi connectivity index (χ1) is 9.00. The highest BCUT2D eigenvalue weighted by molar-refractivity contribution is 7.89. The van der Waals surface area contributed by atoms with Crippen LogP contribution in [0.1, 0.15) is 12.8 Å². The van der Waals surface area contributed by atoms with E-state index in [0.717, 1.165) is 19.4 Å². The molecule has 19 heavy (non-hydrogen) atoms. The summed E-state index contributed by atoms with van der Waals surface area (Å²) >= 11 is 0. The summed E-state index contributed by atoms with van der Waals surface area (Å²) < 4.78 is 31.5. The van der Waals surface area contributed by atoms with Crippen LogP contribution in [0, 0.1) is 5.92 Å². The SMILES string of the molecule is CN(CC1CCCOC1)S(=O)(=O)c1cccc(N)c1. The van der Waals surface area contributed by atoms with Crippen LogP contribution in [0.4, 0.5) is 5.69 Å². The maximum Gasteiger partial charge on any atom is 0.242 e. The van der Waals surface area contributed by atoms with Gasteiger partial charge in [-0.1, -0.05) is 6.07 Å². The Balaban J connectivity index is 2.10. The molecule has 1 aromatic carbocycles. The van der Waals surface area contributed by atoms with Crippen molar-refractivity contribution in [1.29, 1.82) is 0 Å². The first kappa shape index (κ1) is 14.3. The lowest BCUT2D eigenvalue weighted by Gasteiger charge is -2.26. The summed E-state index contributed by atoms with van der Waals surface area (Å²) in [6.07, 6.45) is 2.01. The Morgan fingerprint density at radius 1 is 1.47 bits per heavy atom. The maximum atomic E-state index is 12.4. The van der Waals surface area contributed by atoms with Crippen LogP contribution < -0.4 is 5.73 Å². The van der Waals surface area contributed by atoms with E-state index in [1.54, 1.807) is 25.2 Å². The Labute approximate surface area is 114 Å². The molecule has 0 spiro atoms. The smallest absolute Gasteiger partial charge is 0.242 e. The molecule has 1 aromatic rings. The van der Waals surface area contributed by atoms with Gasteiger partial charge < -0.3 is 10.5 Å². The third kappa shape index (κ3) is 3.46. The van der Waals surface area contributed by atoms with E-state index in [4.69, 9.17) is 10.5 Å². The first-order valence-electron chi connectivity index (χ1n) is 6.40. The lowest BCUT2D eigenvalue weighted by Crippen LogP contribution is -2.35. The van der Waals surface area contributed by atoms with Crippen LogP contribution in [0.15, 0.2) is 29.2 Å². The highest BCUT2D eigenvalue weighted by atomic mass is 32.2. The van der Waals surface area contributed by atoms with Crippen molar-refractivity contribution in [2.24, 2.45) is 5.92 Å². The number of anilines is 1. The molecule has 2 rings (SSSR count). The van der Waals surface area contributed by atoms with Crippen LogP contribution >= 0.6 is 0 Å². The third-order valence-corrected chi connectivity index (χ3v) is 5.16. The Hall–Kier alpha value is -1.11. The normalized spacial score (nSPS) is 20.6. The minimum absolute atomic E-state index is 0.242. The summed E-state index contributed by atoms with van der Waals surface area (Å²) in [5, 5.41) is 0. The number of nitrogens with zero attached hydrogens (tertiary/aromatic N) is 1. The summed E-state index contributed by atoms with van der Waals surface area (Å²) in [7, 11) is -1.86. The molecule has 0 aromatic heterocycles. The number of ether oxygens (including phenoxy) is 1. The van der Waals surface area contributed by atoms with E-state index >= 15 is 0 Å². The number of hydrogen-bond acceptors (Lipinski definition) is 4. The zero-order valence-corrected chi connectivity index (χ0v) is 11.9. The summed E-state index contributed by atoms with van der Waals surface area (Å²) in [5.74, 6) is 0.273. The number of sulfonamides is 1. The number of nitrogens with two attached hydrogens (primary N) is 1. The largest absolute Gasteiger partial charge is 0.399 e. The molecule has 0 amide bonds. The molecular weight excluding hydrogens is 264 g/mol. The zero-order chi connectivity index (χ0) is 13.9. The molecule has 106 valence electrons. The molecule has 5 nitrogen and oxygen atoms in total. The average molecular weight is 284 g/mol. The standard InChI is InChI=1S/C13H20N2O3S/c1-15(9-11-4-3-7-18-10-11)19(16,17)13-6-2-5-12(14)8-13/h2,5-6,8,11H,3-4,7,9-10,14H2,1H3. The molecule has 2 N–H and O–H groups in total. The van der Waals surface area contributed by atoms with Gasteiger partial charge >= 0.3 is 0 Å². The Bertz CT molecular complexity index is 524. The van der Waals surface area contributed by atoms with Crippen molar-refractivity contribution >= 4 is 15.7 Å². The molecular formula is C13H20N2O3S. The van der Waals surface area contributed by atoms with Crippen LogP contribution in [0.3, 0.4) is 0 Å². The minimum Gasteiger partial charge on any atom is -0.399 e. The van der Waals surface area contributed by atoms with E-state index < -0.39 is 10.0 Å². The molecule has 1 heterocycles. The van der Waals surface area contributed by atoms with Crippen molar-refractivity contribution in [1.82, 2.24) is 4.31 Å². The van der Waals surface area contributed by atoms with E-state index in [1.165, 1.54) is 10.4 Å². The van der Waals surface area contributed by atoms with Crippen molar-refractivity contribution in [3.63, 3.8) is 0 Å². The molecule has 0 aliphatic carbocycles. The van der Waals surface area contributed by atoms with Gasteiger partial charge in [0, 0.05) is 25.9 Å². The second kappa shape index (κ2) is 5.90. The fourth-order valence-electron chi connectivity index (χ4n) is 2.27. The topological polar surface area (TPSA) is 72.6 Å². The summed E-state index contributed by atoms with van der Waals surface area (Å²) in [5.41, 5.74) is 6.09. The molecule has 1 aliphatic rings. The van der Waals surface area contributed by atoms with Gasteiger partial charge in [0.05, 0.1) is 11.5 Å². The molecule has 0 radical (unpaired) electrons. The van der Waals surface area contributed by atoms with Crippen molar-refractivity contribution < 1.29 is 13.2 Å². The van der Waals surface area contributed by atoms with E-state index in [0.29, 0.717) is 18.8 Å². The van der Waals surface area contributed by atoms with Crippen molar-refractivity contribution in [3.05, 3.63) is 24.3 Å². The van der Waals surface area contributed by atoms with Crippen LogP contribution in [-0.2, 0) is 14.8 Å². The quantitative estimate of drug-likeness (QED) is 0.846. The van der Waals surface area contributed by atoms with Crippen LogP contribution in [0.2, 0.25) is 0 Å². The highest BCUT2D eigenvalue weighted by Gasteiger charge is 2.25. The number of rotatable bonds is 4. The van der Waals surface area contributed by atoms with Gasteiger partial charge in [0.2, 0.25) is 10.0 Å².